The molecule has 110 valence electrons. The third-order valence-corrected chi connectivity index (χ3v) is 3.96. The molecule has 0 spiro atoms. The van der Waals surface area contributed by atoms with Crippen LogP contribution in [0.4, 0.5) is 0 Å². The van der Waals surface area contributed by atoms with E-state index in [0.717, 1.165) is 18.4 Å². The van der Waals surface area contributed by atoms with Crippen LogP contribution in [0.1, 0.15) is 18.4 Å². The van der Waals surface area contributed by atoms with Gasteiger partial charge < -0.3 is 4.90 Å². The number of hydrogen-bond donors (Lipinski definition) is 0. The summed E-state index contributed by atoms with van der Waals surface area (Å²) >= 11 is 0. The number of rotatable bonds is 4. The maximum absolute atomic E-state index is 12.1. The summed E-state index contributed by atoms with van der Waals surface area (Å²) in [7, 11) is 0. The van der Waals surface area contributed by atoms with Gasteiger partial charge >= 0.3 is 0 Å². The van der Waals surface area contributed by atoms with Crippen LogP contribution in [-0.2, 0) is 20.8 Å². The van der Waals surface area contributed by atoms with Crippen LogP contribution in [0.2, 0.25) is 0 Å². The Hall–Kier alpha value is -2.17. The van der Waals surface area contributed by atoms with E-state index in [9.17, 15) is 14.4 Å². The van der Waals surface area contributed by atoms with Crippen LogP contribution in [0.3, 0.4) is 0 Å². The number of amides is 3. The zero-order valence-corrected chi connectivity index (χ0v) is 11.8. The predicted octanol–water partition coefficient (Wildman–Crippen LogP) is 0.836. The van der Waals surface area contributed by atoms with E-state index >= 15 is 0 Å². The normalized spacial score (nSPS) is 19.0. The van der Waals surface area contributed by atoms with E-state index in [4.69, 9.17) is 0 Å². The molecule has 0 aromatic heterocycles. The summed E-state index contributed by atoms with van der Waals surface area (Å²) in [5.74, 6) is -0.534. The van der Waals surface area contributed by atoms with Crippen LogP contribution in [0.5, 0.6) is 0 Å². The van der Waals surface area contributed by atoms with Crippen LogP contribution in [0, 0.1) is 5.92 Å². The van der Waals surface area contributed by atoms with E-state index < -0.39 is 0 Å². The van der Waals surface area contributed by atoms with Crippen molar-refractivity contribution in [1.82, 2.24) is 9.80 Å². The fraction of sp³-hybridized carbons (Fsp3) is 0.438. The van der Waals surface area contributed by atoms with Gasteiger partial charge in [0.05, 0.1) is 0 Å². The average molecular weight is 286 g/mol. The van der Waals surface area contributed by atoms with Gasteiger partial charge in [0, 0.05) is 12.5 Å². The smallest absolute Gasteiger partial charge is 0.248 e. The van der Waals surface area contributed by atoms with Gasteiger partial charge in [0.1, 0.15) is 13.1 Å². The number of hydrogen-bond acceptors (Lipinski definition) is 3. The molecule has 3 rings (SSSR count). The number of carbonyl (C=O) groups excluding carboxylic acids is 3. The highest BCUT2D eigenvalue weighted by Crippen LogP contribution is 2.31. The maximum atomic E-state index is 12.1. The second-order valence-corrected chi connectivity index (χ2v) is 5.64. The van der Waals surface area contributed by atoms with E-state index in [1.165, 1.54) is 9.80 Å². The largest absolute Gasteiger partial charge is 0.324 e. The zero-order chi connectivity index (χ0) is 14.8. The van der Waals surface area contributed by atoms with Crippen molar-refractivity contribution in [2.75, 3.05) is 19.6 Å². The second kappa shape index (κ2) is 5.68. The van der Waals surface area contributed by atoms with Gasteiger partial charge in [-0.05, 0) is 24.8 Å². The molecule has 0 bridgehead atoms. The first-order valence-corrected chi connectivity index (χ1v) is 7.31. The summed E-state index contributed by atoms with van der Waals surface area (Å²) < 4.78 is 0. The van der Waals surface area contributed by atoms with Crippen molar-refractivity contribution in [3.8, 4) is 0 Å². The second-order valence-electron chi connectivity index (χ2n) is 5.64. The Bertz CT molecular complexity index is 548. The summed E-state index contributed by atoms with van der Waals surface area (Å²) in [6.45, 7) is 0.457. The van der Waals surface area contributed by atoms with Crippen molar-refractivity contribution in [3.05, 3.63) is 35.9 Å². The molecule has 1 aromatic rings. The van der Waals surface area contributed by atoms with E-state index in [1.54, 1.807) is 0 Å². The van der Waals surface area contributed by atoms with Crippen molar-refractivity contribution in [3.63, 3.8) is 0 Å². The molecular formula is C16H18N2O3. The molecule has 5 nitrogen and oxygen atoms in total. The highest BCUT2D eigenvalue weighted by molar-refractivity contribution is 6.03. The quantitative estimate of drug-likeness (QED) is 0.771. The molecule has 0 atom stereocenters. The monoisotopic (exact) mass is 286 g/mol. The molecule has 1 saturated carbocycles. The first-order valence-electron chi connectivity index (χ1n) is 7.31. The number of benzene rings is 1. The lowest BCUT2D eigenvalue weighted by Crippen LogP contribution is -2.56. The van der Waals surface area contributed by atoms with Crippen LogP contribution in [0.15, 0.2) is 30.3 Å². The van der Waals surface area contributed by atoms with E-state index in [0.29, 0.717) is 13.0 Å². The molecule has 1 heterocycles. The van der Waals surface area contributed by atoms with E-state index in [1.807, 2.05) is 30.3 Å². The zero-order valence-electron chi connectivity index (χ0n) is 11.8. The molecule has 3 amide bonds. The van der Waals surface area contributed by atoms with Crippen molar-refractivity contribution in [1.29, 1.82) is 0 Å². The fourth-order valence-corrected chi connectivity index (χ4v) is 2.57. The van der Waals surface area contributed by atoms with Gasteiger partial charge in [-0.15, -0.1) is 0 Å². The van der Waals surface area contributed by atoms with Gasteiger partial charge in [0.15, 0.2) is 0 Å². The third kappa shape index (κ3) is 3.12. The topological polar surface area (TPSA) is 57.7 Å². The molecule has 1 aliphatic heterocycles. The minimum Gasteiger partial charge on any atom is -0.324 e. The summed E-state index contributed by atoms with van der Waals surface area (Å²) in [6.07, 6.45) is 2.42. The standard InChI is InChI=1S/C16H18N2O3/c19-14-10-17(16(21)13-6-7-13)11-15(20)18(14)9-8-12-4-2-1-3-5-12/h1-5,13H,6-11H2. The summed E-state index contributed by atoms with van der Waals surface area (Å²) in [6, 6.07) is 9.75. The fourth-order valence-electron chi connectivity index (χ4n) is 2.57. The van der Waals surface area contributed by atoms with Gasteiger partial charge in [0.2, 0.25) is 17.7 Å². The van der Waals surface area contributed by atoms with Crippen molar-refractivity contribution >= 4 is 17.7 Å². The lowest BCUT2D eigenvalue weighted by atomic mass is 10.1. The number of nitrogens with zero attached hydrogens (tertiary/aromatic N) is 2. The van der Waals surface area contributed by atoms with E-state index in [2.05, 4.69) is 0 Å². The average Bonchev–Trinajstić information content (AvgIpc) is 3.31. The molecule has 0 radical (unpaired) electrons. The SMILES string of the molecule is O=C(C1CC1)N1CC(=O)N(CCc2ccccc2)C(=O)C1. The minimum absolute atomic E-state index is 0.0376. The molecule has 1 saturated heterocycles. The van der Waals surface area contributed by atoms with Crippen molar-refractivity contribution in [2.45, 2.75) is 19.3 Å². The highest BCUT2D eigenvalue weighted by atomic mass is 16.2. The molecule has 0 unspecified atom stereocenters. The Morgan fingerprint density at radius 2 is 1.67 bits per heavy atom. The van der Waals surface area contributed by atoms with Crippen LogP contribution >= 0.6 is 0 Å². The molecule has 1 aliphatic carbocycles. The number of piperazine rings is 1. The van der Waals surface area contributed by atoms with Gasteiger partial charge in [-0.25, -0.2) is 0 Å². The molecule has 2 aliphatic rings. The predicted molar refractivity (Wildman–Crippen MR) is 76.2 cm³/mol. The Balaban J connectivity index is 1.58. The first kappa shape index (κ1) is 13.8. The molecule has 0 N–H and O–H groups in total. The lowest BCUT2D eigenvalue weighted by Gasteiger charge is -2.32. The molecule has 21 heavy (non-hydrogen) atoms. The minimum atomic E-state index is -0.267. The highest BCUT2D eigenvalue weighted by Gasteiger charge is 2.39. The van der Waals surface area contributed by atoms with Crippen LogP contribution in [-0.4, -0.2) is 47.2 Å². The van der Waals surface area contributed by atoms with Crippen molar-refractivity contribution < 1.29 is 14.4 Å². The van der Waals surface area contributed by atoms with Gasteiger partial charge in [-0.1, -0.05) is 30.3 Å². The summed E-state index contributed by atoms with van der Waals surface area (Å²) in [5, 5.41) is 0. The Labute approximate surface area is 123 Å². The molecule has 2 fully saturated rings. The summed E-state index contributed by atoms with van der Waals surface area (Å²) in [4.78, 5) is 38.8. The lowest BCUT2D eigenvalue weighted by molar-refractivity contribution is -0.157. The molecule has 5 heteroatoms. The molecular weight excluding hydrogens is 268 g/mol. The van der Waals surface area contributed by atoms with Gasteiger partial charge in [-0.2, -0.15) is 0 Å². The Kier molecular flexibility index (Phi) is 3.73. The van der Waals surface area contributed by atoms with Gasteiger partial charge in [0.25, 0.3) is 0 Å². The third-order valence-electron chi connectivity index (χ3n) is 3.96. The van der Waals surface area contributed by atoms with Crippen LogP contribution in [0.25, 0.3) is 0 Å². The summed E-state index contributed by atoms with van der Waals surface area (Å²) in [5.41, 5.74) is 1.09. The van der Waals surface area contributed by atoms with Crippen LogP contribution < -0.4 is 0 Å². The first-order chi connectivity index (χ1) is 10.1. The Morgan fingerprint density at radius 3 is 2.24 bits per heavy atom. The molecule has 1 aromatic carbocycles. The number of imide groups is 1. The Morgan fingerprint density at radius 1 is 1.05 bits per heavy atom. The van der Waals surface area contributed by atoms with Crippen molar-refractivity contribution in [2.24, 2.45) is 5.92 Å². The number of carbonyl (C=O) groups is 3. The van der Waals surface area contributed by atoms with Gasteiger partial charge in [-0.3, -0.25) is 19.3 Å². The maximum Gasteiger partial charge on any atom is 0.248 e. The van der Waals surface area contributed by atoms with E-state index in [-0.39, 0.29) is 36.7 Å².